The van der Waals surface area contributed by atoms with E-state index in [0.717, 1.165) is 58.1 Å². The summed E-state index contributed by atoms with van der Waals surface area (Å²) >= 11 is 0. The van der Waals surface area contributed by atoms with Gasteiger partial charge < -0.3 is 25.0 Å². The molecule has 0 amide bonds. The van der Waals surface area contributed by atoms with Crippen LogP contribution in [0.15, 0.2) is 4.99 Å². The summed E-state index contributed by atoms with van der Waals surface area (Å²) in [5, 5.41) is 6.91. The molecular formula is C19H39IN4O2. The van der Waals surface area contributed by atoms with Gasteiger partial charge in [-0.3, -0.25) is 4.99 Å². The van der Waals surface area contributed by atoms with Crippen molar-refractivity contribution in [1.29, 1.82) is 0 Å². The number of aliphatic imine (C=N–C) groups is 1. The van der Waals surface area contributed by atoms with E-state index in [1.807, 2.05) is 7.05 Å². The van der Waals surface area contributed by atoms with Gasteiger partial charge in [-0.05, 0) is 46.2 Å². The van der Waals surface area contributed by atoms with Crippen molar-refractivity contribution < 1.29 is 9.47 Å². The van der Waals surface area contributed by atoms with E-state index in [9.17, 15) is 0 Å². The van der Waals surface area contributed by atoms with Crippen molar-refractivity contribution >= 4 is 29.9 Å². The Kier molecular flexibility index (Phi) is 12.1. The Morgan fingerprint density at radius 1 is 1.15 bits per heavy atom. The van der Waals surface area contributed by atoms with Gasteiger partial charge in [-0.15, -0.1) is 24.0 Å². The summed E-state index contributed by atoms with van der Waals surface area (Å²) in [7, 11) is 6.15. The predicted octanol–water partition coefficient (Wildman–Crippen LogP) is 2.62. The van der Waals surface area contributed by atoms with Crippen molar-refractivity contribution in [2.45, 2.75) is 63.0 Å². The van der Waals surface area contributed by atoms with Gasteiger partial charge in [-0.2, -0.15) is 0 Å². The Labute approximate surface area is 176 Å². The lowest BCUT2D eigenvalue weighted by Gasteiger charge is -2.43. The van der Waals surface area contributed by atoms with Crippen molar-refractivity contribution in [3.05, 3.63) is 0 Å². The number of nitrogens with zero attached hydrogens (tertiary/aromatic N) is 2. The summed E-state index contributed by atoms with van der Waals surface area (Å²) in [6.45, 7) is 4.30. The molecule has 1 heterocycles. The lowest BCUT2D eigenvalue weighted by Crippen LogP contribution is -2.57. The molecule has 26 heavy (non-hydrogen) atoms. The highest BCUT2D eigenvalue weighted by Crippen LogP contribution is 2.25. The van der Waals surface area contributed by atoms with Crippen molar-refractivity contribution in [2.75, 3.05) is 54.1 Å². The fourth-order valence-corrected chi connectivity index (χ4v) is 3.76. The van der Waals surface area contributed by atoms with E-state index >= 15 is 0 Å². The molecule has 1 saturated heterocycles. The Balaban J connectivity index is 0.00000338. The van der Waals surface area contributed by atoms with Crippen LogP contribution in [0.2, 0.25) is 0 Å². The Morgan fingerprint density at radius 3 is 2.46 bits per heavy atom. The second kappa shape index (κ2) is 13.1. The van der Waals surface area contributed by atoms with Gasteiger partial charge in [-0.1, -0.05) is 19.3 Å². The van der Waals surface area contributed by atoms with Crippen LogP contribution in [0.3, 0.4) is 0 Å². The fourth-order valence-electron chi connectivity index (χ4n) is 3.76. The second-order valence-electron chi connectivity index (χ2n) is 7.57. The van der Waals surface area contributed by atoms with Gasteiger partial charge in [0.05, 0.1) is 6.10 Å². The number of guanidine groups is 1. The normalized spacial score (nSPS) is 21.3. The summed E-state index contributed by atoms with van der Waals surface area (Å²) in [4.78, 5) is 6.68. The van der Waals surface area contributed by atoms with Gasteiger partial charge in [0.15, 0.2) is 5.96 Å². The molecule has 0 spiro atoms. The van der Waals surface area contributed by atoms with Crippen molar-refractivity contribution in [2.24, 2.45) is 4.99 Å². The van der Waals surface area contributed by atoms with Crippen LogP contribution in [0.5, 0.6) is 0 Å². The van der Waals surface area contributed by atoms with E-state index in [1.165, 1.54) is 32.1 Å². The van der Waals surface area contributed by atoms with Crippen LogP contribution in [-0.4, -0.2) is 76.6 Å². The highest BCUT2D eigenvalue weighted by molar-refractivity contribution is 14.0. The molecule has 0 unspecified atom stereocenters. The van der Waals surface area contributed by atoms with Crippen LogP contribution in [0.4, 0.5) is 0 Å². The fraction of sp³-hybridized carbons (Fsp3) is 0.947. The molecule has 7 heteroatoms. The van der Waals surface area contributed by atoms with Crippen molar-refractivity contribution in [3.8, 4) is 0 Å². The third kappa shape index (κ3) is 7.86. The number of hydrogen-bond donors (Lipinski definition) is 2. The molecule has 0 aromatic rings. The summed E-state index contributed by atoms with van der Waals surface area (Å²) in [5.41, 5.74) is 0.153. The van der Waals surface area contributed by atoms with Crippen LogP contribution < -0.4 is 10.6 Å². The molecule has 0 aromatic carbocycles. The average molecular weight is 482 g/mol. The van der Waals surface area contributed by atoms with Crippen LogP contribution in [0.25, 0.3) is 0 Å². The van der Waals surface area contributed by atoms with Gasteiger partial charge in [-0.25, -0.2) is 0 Å². The minimum absolute atomic E-state index is 0. The molecule has 2 N–H and O–H groups in total. The lowest BCUT2D eigenvalue weighted by molar-refractivity contribution is -0.00502. The third-order valence-electron chi connectivity index (χ3n) is 5.70. The maximum absolute atomic E-state index is 5.98. The van der Waals surface area contributed by atoms with Crippen LogP contribution in [0, 0.1) is 0 Å². The Bertz CT molecular complexity index is 395. The maximum Gasteiger partial charge on any atom is 0.191 e. The molecule has 1 saturated carbocycles. The standard InChI is InChI=1S/C19H38N4O2.HI/c1-20-18(21-12-7-13-25-17-8-5-4-6-9-17)22-16-19(23(2)3)10-14-24-15-11-19;/h17H,4-16H2,1-3H3,(H2,20,21,22);1H. The first-order valence-electron chi connectivity index (χ1n) is 9.97. The van der Waals surface area contributed by atoms with Gasteiger partial charge in [0.1, 0.15) is 0 Å². The van der Waals surface area contributed by atoms with Gasteiger partial charge in [0.2, 0.25) is 0 Å². The van der Waals surface area contributed by atoms with E-state index < -0.39 is 0 Å². The van der Waals surface area contributed by atoms with E-state index in [1.54, 1.807) is 0 Å². The zero-order valence-corrected chi connectivity index (χ0v) is 19.2. The van der Waals surface area contributed by atoms with Gasteiger partial charge in [0, 0.05) is 45.5 Å². The topological polar surface area (TPSA) is 58.1 Å². The minimum Gasteiger partial charge on any atom is -0.381 e. The molecule has 0 radical (unpaired) electrons. The largest absolute Gasteiger partial charge is 0.381 e. The average Bonchev–Trinajstić information content (AvgIpc) is 2.65. The summed E-state index contributed by atoms with van der Waals surface area (Å²) in [6, 6.07) is 0. The molecule has 0 bridgehead atoms. The monoisotopic (exact) mass is 482 g/mol. The zero-order valence-electron chi connectivity index (χ0n) is 16.9. The lowest BCUT2D eigenvalue weighted by atomic mass is 9.88. The van der Waals surface area contributed by atoms with Crippen LogP contribution in [0.1, 0.15) is 51.4 Å². The molecule has 1 aliphatic heterocycles. The van der Waals surface area contributed by atoms with E-state index in [0.29, 0.717) is 6.10 Å². The number of hydrogen-bond acceptors (Lipinski definition) is 4. The van der Waals surface area contributed by atoms with Crippen molar-refractivity contribution in [1.82, 2.24) is 15.5 Å². The first-order valence-corrected chi connectivity index (χ1v) is 9.97. The predicted molar refractivity (Wildman–Crippen MR) is 119 cm³/mol. The summed E-state index contributed by atoms with van der Waals surface area (Å²) in [6.07, 6.45) is 10.2. The third-order valence-corrected chi connectivity index (χ3v) is 5.70. The van der Waals surface area contributed by atoms with Gasteiger partial charge in [0.25, 0.3) is 0 Å². The molecule has 2 rings (SSSR count). The van der Waals surface area contributed by atoms with E-state index in [4.69, 9.17) is 9.47 Å². The maximum atomic E-state index is 5.98. The number of ether oxygens (including phenoxy) is 2. The van der Waals surface area contributed by atoms with Crippen LogP contribution >= 0.6 is 24.0 Å². The second-order valence-corrected chi connectivity index (χ2v) is 7.57. The van der Waals surface area contributed by atoms with Crippen molar-refractivity contribution in [3.63, 3.8) is 0 Å². The smallest absolute Gasteiger partial charge is 0.191 e. The molecule has 0 atom stereocenters. The highest BCUT2D eigenvalue weighted by atomic mass is 127. The van der Waals surface area contributed by atoms with E-state index in [2.05, 4.69) is 34.6 Å². The SMILES string of the molecule is CN=C(NCCCOC1CCCCC1)NCC1(N(C)C)CCOCC1.I. The summed E-state index contributed by atoms with van der Waals surface area (Å²) in [5.74, 6) is 0.880. The van der Waals surface area contributed by atoms with Crippen LogP contribution in [-0.2, 0) is 9.47 Å². The van der Waals surface area contributed by atoms with Gasteiger partial charge >= 0.3 is 0 Å². The minimum atomic E-state index is 0. The van der Waals surface area contributed by atoms with E-state index in [-0.39, 0.29) is 29.5 Å². The molecule has 2 aliphatic rings. The summed E-state index contributed by atoms with van der Waals surface area (Å²) < 4.78 is 11.5. The number of halogens is 1. The first-order chi connectivity index (χ1) is 12.2. The molecule has 154 valence electrons. The molecule has 1 aliphatic carbocycles. The molecule has 0 aromatic heterocycles. The number of rotatable bonds is 8. The number of nitrogens with one attached hydrogen (secondary N) is 2. The molecular weight excluding hydrogens is 443 g/mol. The quantitative estimate of drug-likeness (QED) is 0.241. The molecule has 6 nitrogen and oxygen atoms in total. The Morgan fingerprint density at radius 2 is 1.85 bits per heavy atom. The Hall–Kier alpha value is -0.120. The highest BCUT2D eigenvalue weighted by Gasteiger charge is 2.34. The first kappa shape index (κ1) is 23.9. The number of likely N-dealkylation sites (N-methyl/N-ethyl adjacent to an activating group) is 1. The zero-order chi connectivity index (χ0) is 18.0. The molecule has 2 fully saturated rings.